The number of rotatable bonds is 3. The van der Waals surface area contributed by atoms with E-state index in [0.29, 0.717) is 31.2 Å². The second-order valence-corrected chi connectivity index (χ2v) is 6.94. The molecule has 2 aliphatic rings. The molecule has 1 aromatic carbocycles. The molecule has 0 saturated carbocycles. The lowest BCUT2D eigenvalue weighted by atomic mass is 10.1. The fourth-order valence-corrected chi connectivity index (χ4v) is 3.43. The van der Waals surface area contributed by atoms with Gasteiger partial charge in [-0.25, -0.2) is 8.78 Å². The van der Waals surface area contributed by atoms with Crippen molar-refractivity contribution < 1.29 is 18.4 Å². The maximum Gasteiger partial charge on any atom is 0.262 e. The number of amides is 2. The van der Waals surface area contributed by atoms with Gasteiger partial charge in [0.15, 0.2) is 0 Å². The number of halogens is 4. The lowest BCUT2D eigenvalue weighted by Crippen LogP contribution is -2.54. The van der Waals surface area contributed by atoms with Crippen LogP contribution in [0.1, 0.15) is 12.0 Å². The van der Waals surface area contributed by atoms with E-state index in [4.69, 9.17) is 11.6 Å². The van der Waals surface area contributed by atoms with Gasteiger partial charge in [-0.1, -0.05) is 23.7 Å². The highest BCUT2D eigenvalue weighted by atomic mass is 35.5. The summed E-state index contributed by atoms with van der Waals surface area (Å²) in [7, 11) is 0. The van der Waals surface area contributed by atoms with Crippen LogP contribution in [0.4, 0.5) is 8.78 Å². The van der Waals surface area contributed by atoms with Crippen LogP contribution in [0, 0.1) is 0 Å². The van der Waals surface area contributed by atoms with Crippen molar-refractivity contribution in [1.29, 1.82) is 0 Å². The molecule has 1 N–H and O–H groups in total. The summed E-state index contributed by atoms with van der Waals surface area (Å²) in [5.41, 5.74) is 0.841. The third-order valence-corrected chi connectivity index (χ3v) is 4.83. The molecule has 144 valence electrons. The van der Waals surface area contributed by atoms with Gasteiger partial charge < -0.3 is 9.80 Å². The first-order valence-corrected chi connectivity index (χ1v) is 8.64. The highest BCUT2D eigenvalue weighted by Crippen LogP contribution is 2.26. The van der Waals surface area contributed by atoms with E-state index in [1.54, 1.807) is 28.0 Å². The molecule has 0 aliphatic carbocycles. The highest BCUT2D eigenvalue weighted by molar-refractivity contribution is 6.30. The first-order chi connectivity index (χ1) is 11.8. The van der Waals surface area contributed by atoms with Gasteiger partial charge in [0.2, 0.25) is 11.8 Å². The Labute approximate surface area is 162 Å². The summed E-state index contributed by atoms with van der Waals surface area (Å²) in [6.07, 6.45) is -0.204. The second kappa shape index (κ2) is 8.50. The summed E-state index contributed by atoms with van der Waals surface area (Å²) in [5.74, 6) is -3.16. The Balaban J connectivity index is 0.00000243. The summed E-state index contributed by atoms with van der Waals surface area (Å²) in [6.45, 7) is 1.09. The quantitative estimate of drug-likeness (QED) is 0.833. The van der Waals surface area contributed by atoms with Crippen molar-refractivity contribution in [3.05, 3.63) is 34.9 Å². The zero-order valence-corrected chi connectivity index (χ0v) is 15.7. The number of benzene rings is 1. The number of hydrogen-bond acceptors (Lipinski definition) is 3. The van der Waals surface area contributed by atoms with Gasteiger partial charge in [-0.2, -0.15) is 0 Å². The Hall–Kier alpha value is -1.44. The van der Waals surface area contributed by atoms with Gasteiger partial charge in [-0.3, -0.25) is 14.9 Å². The fourth-order valence-electron chi connectivity index (χ4n) is 3.22. The van der Waals surface area contributed by atoms with Crippen LogP contribution in [-0.2, 0) is 16.0 Å². The largest absolute Gasteiger partial charge is 0.339 e. The molecule has 1 unspecified atom stereocenters. The van der Waals surface area contributed by atoms with Gasteiger partial charge in [0, 0.05) is 37.6 Å². The minimum atomic E-state index is -2.82. The average Bonchev–Trinajstić information content (AvgIpc) is 2.94. The summed E-state index contributed by atoms with van der Waals surface area (Å²) in [5, 5.41) is 3.17. The summed E-state index contributed by atoms with van der Waals surface area (Å²) in [6, 6.07) is 6.32. The van der Waals surface area contributed by atoms with Crippen molar-refractivity contribution in [2.45, 2.75) is 24.8 Å². The lowest BCUT2D eigenvalue weighted by Gasteiger charge is -2.36. The average molecular weight is 408 g/mol. The van der Waals surface area contributed by atoms with Crippen molar-refractivity contribution in [2.24, 2.45) is 0 Å². The molecule has 26 heavy (non-hydrogen) atoms. The first-order valence-electron chi connectivity index (χ1n) is 8.26. The van der Waals surface area contributed by atoms with E-state index >= 15 is 0 Å². The topological polar surface area (TPSA) is 52.7 Å². The summed E-state index contributed by atoms with van der Waals surface area (Å²) >= 11 is 5.92. The third kappa shape index (κ3) is 5.05. The van der Waals surface area contributed by atoms with E-state index in [1.165, 1.54) is 0 Å². The molecule has 0 aromatic heterocycles. The lowest BCUT2D eigenvalue weighted by molar-refractivity contribution is -0.140. The molecule has 3 rings (SSSR count). The first kappa shape index (κ1) is 20.9. The highest BCUT2D eigenvalue weighted by Gasteiger charge is 2.43. The number of carbonyl (C=O) groups excluding carboxylic acids is 2. The maximum atomic E-state index is 13.2. The van der Waals surface area contributed by atoms with E-state index in [0.717, 1.165) is 5.56 Å². The number of hydrogen-bond donors (Lipinski definition) is 1. The fraction of sp³-hybridized carbons (Fsp3) is 0.529. The van der Waals surface area contributed by atoms with Crippen molar-refractivity contribution in [1.82, 2.24) is 15.1 Å². The molecule has 2 heterocycles. The Morgan fingerprint density at radius 3 is 2.42 bits per heavy atom. The molecule has 2 fully saturated rings. The van der Waals surface area contributed by atoms with Crippen LogP contribution in [-0.4, -0.2) is 66.3 Å². The van der Waals surface area contributed by atoms with Gasteiger partial charge in [0.25, 0.3) is 5.92 Å². The van der Waals surface area contributed by atoms with E-state index in [9.17, 15) is 18.4 Å². The Morgan fingerprint density at radius 1 is 1.19 bits per heavy atom. The van der Waals surface area contributed by atoms with Crippen LogP contribution in [0.2, 0.25) is 5.02 Å². The SMILES string of the molecule is Cl.O=C(Cc1cccc(Cl)c1)N1CCN(C(=O)C2CC(F)(F)CN2)CC1. The van der Waals surface area contributed by atoms with Gasteiger partial charge in [-0.05, 0) is 17.7 Å². The van der Waals surface area contributed by atoms with Gasteiger partial charge >= 0.3 is 0 Å². The van der Waals surface area contributed by atoms with Crippen molar-refractivity contribution in [3.8, 4) is 0 Å². The minimum Gasteiger partial charge on any atom is -0.339 e. The van der Waals surface area contributed by atoms with Gasteiger partial charge in [0.05, 0.1) is 19.0 Å². The zero-order valence-electron chi connectivity index (χ0n) is 14.1. The van der Waals surface area contributed by atoms with Crippen molar-refractivity contribution in [3.63, 3.8) is 0 Å². The van der Waals surface area contributed by atoms with Crippen LogP contribution >= 0.6 is 24.0 Å². The van der Waals surface area contributed by atoms with E-state index in [2.05, 4.69) is 5.32 Å². The number of nitrogens with zero attached hydrogens (tertiary/aromatic N) is 2. The number of alkyl halides is 2. The summed E-state index contributed by atoms with van der Waals surface area (Å²) in [4.78, 5) is 27.9. The molecule has 0 spiro atoms. The standard InChI is InChI=1S/C17H20ClF2N3O2.ClH/c18-13-3-1-2-12(8-13)9-15(24)22-4-6-23(7-5-22)16(25)14-10-17(19,20)11-21-14;/h1-3,8,14,21H,4-7,9-11H2;1H. The van der Waals surface area contributed by atoms with Crippen LogP contribution in [0.15, 0.2) is 24.3 Å². The minimum absolute atomic E-state index is 0. The molecular weight excluding hydrogens is 387 g/mol. The van der Waals surface area contributed by atoms with Crippen LogP contribution in [0.25, 0.3) is 0 Å². The normalized spacial score (nSPS) is 22.0. The molecule has 5 nitrogen and oxygen atoms in total. The van der Waals surface area contributed by atoms with Crippen LogP contribution in [0.5, 0.6) is 0 Å². The molecular formula is C17H21Cl2F2N3O2. The predicted octanol–water partition coefficient (Wildman–Crippen LogP) is 1.97. The number of piperazine rings is 1. The van der Waals surface area contributed by atoms with Gasteiger partial charge in [-0.15, -0.1) is 12.4 Å². The maximum absolute atomic E-state index is 13.2. The van der Waals surface area contributed by atoms with Gasteiger partial charge in [0.1, 0.15) is 0 Å². The molecule has 2 aliphatic heterocycles. The van der Waals surface area contributed by atoms with E-state index in [1.807, 2.05) is 6.07 Å². The molecule has 0 bridgehead atoms. The Morgan fingerprint density at radius 2 is 1.85 bits per heavy atom. The third-order valence-electron chi connectivity index (χ3n) is 4.60. The predicted molar refractivity (Wildman–Crippen MR) is 96.9 cm³/mol. The van der Waals surface area contributed by atoms with Crippen molar-refractivity contribution >= 4 is 35.8 Å². The van der Waals surface area contributed by atoms with Crippen LogP contribution in [0.3, 0.4) is 0 Å². The Bertz CT molecular complexity index is 667. The molecule has 1 aromatic rings. The van der Waals surface area contributed by atoms with E-state index in [-0.39, 0.29) is 30.6 Å². The van der Waals surface area contributed by atoms with Crippen LogP contribution < -0.4 is 5.32 Å². The second-order valence-electron chi connectivity index (χ2n) is 6.51. The monoisotopic (exact) mass is 407 g/mol. The smallest absolute Gasteiger partial charge is 0.262 e. The molecule has 1 atom stereocenters. The number of nitrogens with one attached hydrogen (secondary N) is 1. The molecule has 2 saturated heterocycles. The molecule has 2 amide bonds. The molecule has 9 heteroatoms. The Kier molecular flexibility index (Phi) is 6.82. The molecule has 0 radical (unpaired) electrons. The summed E-state index contributed by atoms with van der Waals surface area (Å²) < 4.78 is 26.5. The zero-order chi connectivity index (χ0) is 18.0. The number of carbonyl (C=O) groups is 2. The van der Waals surface area contributed by atoms with E-state index < -0.39 is 24.9 Å². The van der Waals surface area contributed by atoms with Crippen molar-refractivity contribution in [2.75, 3.05) is 32.7 Å².